The summed E-state index contributed by atoms with van der Waals surface area (Å²) >= 11 is 0. The zero-order valence-corrected chi connectivity index (χ0v) is 19.7. The summed E-state index contributed by atoms with van der Waals surface area (Å²) in [6.45, 7) is 0.606. The van der Waals surface area contributed by atoms with Crippen molar-refractivity contribution in [2.75, 3.05) is 39.3 Å². The number of benzene rings is 2. The molecule has 0 unspecified atom stereocenters. The predicted octanol–water partition coefficient (Wildman–Crippen LogP) is 6.02. The molecule has 0 radical (unpaired) electrons. The van der Waals surface area contributed by atoms with Crippen LogP contribution in [0.5, 0.6) is 5.75 Å². The molecule has 10 heteroatoms. The number of carbonyl (C=O) groups is 1. The van der Waals surface area contributed by atoms with Gasteiger partial charge in [0.1, 0.15) is 11.6 Å². The monoisotopic (exact) mass is 514 g/mol. The number of rotatable bonds is 7. The van der Waals surface area contributed by atoms with Crippen LogP contribution in [0.15, 0.2) is 42.5 Å². The van der Waals surface area contributed by atoms with Gasteiger partial charge < -0.3 is 9.64 Å². The van der Waals surface area contributed by atoms with Crippen molar-refractivity contribution in [1.82, 2.24) is 9.80 Å². The van der Waals surface area contributed by atoms with Gasteiger partial charge in [0.25, 0.3) is 5.91 Å². The molecular weight excluding hydrogens is 486 g/mol. The minimum Gasteiger partial charge on any atom is -0.493 e. The van der Waals surface area contributed by atoms with Crippen molar-refractivity contribution in [3.63, 3.8) is 0 Å². The Kier molecular flexibility index (Phi) is 7.82. The molecule has 1 amide bonds. The van der Waals surface area contributed by atoms with Gasteiger partial charge in [0, 0.05) is 13.1 Å². The lowest BCUT2D eigenvalue weighted by Gasteiger charge is -2.34. The van der Waals surface area contributed by atoms with Crippen molar-refractivity contribution < 1.29 is 35.9 Å². The number of hydrogen-bond acceptors (Lipinski definition) is 3. The number of ether oxygens (including phenoxy) is 1. The van der Waals surface area contributed by atoms with Crippen LogP contribution in [0.25, 0.3) is 11.1 Å². The van der Waals surface area contributed by atoms with Crippen LogP contribution in [0.3, 0.4) is 0 Å². The van der Waals surface area contributed by atoms with E-state index in [-0.39, 0.29) is 30.5 Å². The molecule has 4 rings (SSSR count). The van der Waals surface area contributed by atoms with E-state index in [1.54, 1.807) is 35.2 Å². The smallest absolute Gasteiger partial charge is 0.454 e. The number of nitrogens with zero attached hydrogens (tertiary/aromatic N) is 2. The predicted molar refractivity (Wildman–Crippen MR) is 123 cm³/mol. The molecule has 2 aromatic carbocycles. The fourth-order valence-electron chi connectivity index (χ4n) is 4.60. The van der Waals surface area contributed by atoms with Gasteiger partial charge in [0.05, 0.1) is 18.7 Å². The van der Waals surface area contributed by atoms with Gasteiger partial charge in [-0.3, -0.25) is 9.69 Å². The molecule has 36 heavy (non-hydrogen) atoms. The Hall–Kier alpha value is -2.75. The second kappa shape index (κ2) is 10.7. The van der Waals surface area contributed by atoms with Crippen LogP contribution >= 0.6 is 0 Å². The summed E-state index contributed by atoms with van der Waals surface area (Å²) in [5.74, 6) is -4.95. The van der Waals surface area contributed by atoms with Crippen LogP contribution in [0.4, 0.5) is 26.3 Å². The molecule has 0 aromatic heterocycles. The molecule has 2 aliphatic heterocycles. The molecule has 196 valence electrons. The maximum absolute atomic E-state index is 14.6. The molecule has 0 N–H and O–H groups in total. The summed E-state index contributed by atoms with van der Waals surface area (Å²) < 4.78 is 84.2. The minimum atomic E-state index is -5.54. The molecule has 0 atom stereocenters. The van der Waals surface area contributed by atoms with Crippen molar-refractivity contribution in [2.45, 2.75) is 37.8 Å². The molecule has 2 fully saturated rings. The van der Waals surface area contributed by atoms with Crippen LogP contribution in [-0.2, 0) is 0 Å². The summed E-state index contributed by atoms with van der Waals surface area (Å²) in [6.07, 6.45) is -2.75. The van der Waals surface area contributed by atoms with Crippen molar-refractivity contribution in [2.24, 2.45) is 5.92 Å². The Morgan fingerprint density at radius 2 is 1.50 bits per heavy atom. The van der Waals surface area contributed by atoms with Crippen LogP contribution < -0.4 is 4.74 Å². The Morgan fingerprint density at radius 3 is 2.08 bits per heavy atom. The Bertz CT molecular complexity index is 1040. The van der Waals surface area contributed by atoms with Gasteiger partial charge >= 0.3 is 12.1 Å². The summed E-state index contributed by atoms with van der Waals surface area (Å²) in [7, 11) is 0. The first-order valence-electron chi connectivity index (χ1n) is 12.0. The van der Waals surface area contributed by atoms with E-state index in [1.807, 2.05) is 0 Å². The fraction of sp³-hybridized carbons (Fsp3) is 0.500. The lowest BCUT2D eigenvalue weighted by Crippen LogP contribution is -2.49. The van der Waals surface area contributed by atoms with E-state index < -0.39 is 24.5 Å². The zero-order chi connectivity index (χ0) is 25.9. The Labute approximate surface area is 205 Å². The highest BCUT2D eigenvalue weighted by Crippen LogP contribution is 2.36. The van der Waals surface area contributed by atoms with Crippen molar-refractivity contribution in [3.05, 3.63) is 53.8 Å². The number of carbonyl (C=O) groups excluding carboxylic acids is 1. The number of hydrogen-bond donors (Lipinski definition) is 0. The van der Waals surface area contributed by atoms with Gasteiger partial charge in [-0.1, -0.05) is 18.2 Å². The third kappa shape index (κ3) is 6.14. The molecule has 2 aromatic rings. The van der Waals surface area contributed by atoms with Gasteiger partial charge in [0.2, 0.25) is 0 Å². The maximum atomic E-state index is 14.6. The van der Waals surface area contributed by atoms with Crippen LogP contribution in [0, 0.1) is 11.7 Å². The number of amides is 1. The van der Waals surface area contributed by atoms with Gasteiger partial charge in [-0.15, -0.1) is 0 Å². The van der Waals surface area contributed by atoms with E-state index in [9.17, 15) is 31.1 Å². The maximum Gasteiger partial charge on any atom is 0.454 e. The molecule has 2 heterocycles. The standard InChI is InChI=1S/C26H28F6N2O2/c27-23-15-20(5-8-22(23)24(35)34-11-1-2-12-34)19-3-6-21(7-4-19)36-16-18-9-13-33(14-10-18)17-25(28,29)26(30,31)32/h3-8,15,18H,1-2,9-14,16-17H2. The molecule has 2 saturated heterocycles. The Balaban J connectivity index is 1.27. The fourth-order valence-corrected chi connectivity index (χ4v) is 4.60. The van der Waals surface area contributed by atoms with Crippen LogP contribution in [-0.4, -0.2) is 67.1 Å². The number of alkyl halides is 5. The number of halogens is 6. The van der Waals surface area contributed by atoms with E-state index in [0.717, 1.165) is 23.3 Å². The van der Waals surface area contributed by atoms with E-state index >= 15 is 0 Å². The quantitative estimate of drug-likeness (QED) is 0.424. The van der Waals surface area contributed by atoms with E-state index in [4.69, 9.17) is 4.74 Å². The van der Waals surface area contributed by atoms with Crippen LogP contribution in [0.2, 0.25) is 0 Å². The van der Waals surface area contributed by atoms with E-state index in [0.29, 0.717) is 43.9 Å². The first-order valence-corrected chi connectivity index (χ1v) is 12.0. The molecule has 0 aliphatic carbocycles. The largest absolute Gasteiger partial charge is 0.493 e. The van der Waals surface area contributed by atoms with Gasteiger partial charge in [-0.05, 0) is 80.1 Å². The number of piperidine rings is 1. The summed E-state index contributed by atoms with van der Waals surface area (Å²) in [5.41, 5.74) is 1.44. The topological polar surface area (TPSA) is 32.8 Å². The second-order valence-electron chi connectivity index (χ2n) is 9.45. The Morgan fingerprint density at radius 1 is 0.889 bits per heavy atom. The first kappa shape index (κ1) is 26.3. The van der Waals surface area contributed by atoms with E-state index in [1.165, 1.54) is 12.1 Å². The highest BCUT2D eigenvalue weighted by Gasteiger charge is 2.58. The molecule has 0 bridgehead atoms. The van der Waals surface area contributed by atoms with Gasteiger partial charge in [-0.25, -0.2) is 4.39 Å². The average Bonchev–Trinajstić information content (AvgIpc) is 3.38. The summed E-state index contributed by atoms with van der Waals surface area (Å²) in [6, 6.07) is 11.6. The average molecular weight is 515 g/mol. The van der Waals surface area contributed by atoms with Crippen LogP contribution in [0.1, 0.15) is 36.0 Å². The second-order valence-corrected chi connectivity index (χ2v) is 9.45. The molecule has 4 nitrogen and oxygen atoms in total. The number of likely N-dealkylation sites (tertiary alicyclic amines) is 2. The molecule has 0 saturated carbocycles. The van der Waals surface area contributed by atoms with Gasteiger partial charge in [0.15, 0.2) is 0 Å². The summed E-state index contributed by atoms with van der Waals surface area (Å²) in [4.78, 5) is 15.3. The first-order chi connectivity index (χ1) is 17.0. The highest BCUT2D eigenvalue weighted by molar-refractivity contribution is 5.95. The molecular formula is C26H28F6N2O2. The third-order valence-corrected chi connectivity index (χ3v) is 6.81. The van der Waals surface area contributed by atoms with Crippen molar-refractivity contribution in [3.8, 4) is 16.9 Å². The van der Waals surface area contributed by atoms with Crippen molar-refractivity contribution >= 4 is 5.91 Å². The van der Waals surface area contributed by atoms with E-state index in [2.05, 4.69) is 0 Å². The van der Waals surface area contributed by atoms with Gasteiger partial charge in [-0.2, -0.15) is 22.0 Å². The highest BCUT2D eigenvalue weighted by atomic mass is 19.4. The summed E-state index contributed by atoms with van der Waals surface area (Å²) in [5, 5.41) is 0. The zero-order valence-electron chi connectivity index (χ0n) is 19.7. The van der Waals surface area contributed by atoms with Crippen molar-refractivity contribution in [1.29, 1.82) is 0 Å². The normalized spacial score (nSPS) is 18.0. The lowest BCUT2D eigenvalue weighted by atomic mass is 9.97. The molecule has 2 aliphatic rings. The SMILES string of the molecule is O=C(c1ccc(-c2ccc(OCC3CCN(CC(F)(F)C(F)(F)F)CC3)cc2)cc1F)N1CCCC1. The minimum absolute atomic E-state index is 0.0511. The molecule has 0 spiro atoms. The lowest BCUT2D eigenvalue weighted by molar-refractivity contribution is -0.287. The third-order valence-electron chi connectivity index (χ3n) is 6.81.